The van der Waals surface area contributed by atoms with Gasteiger partial charge in [-0.25, -0.2) is 4.98 Å². The number of thioether (sulfide) groups is 1. The molecule has 0 aliphatic rings. The maximum atomic E-state index is 10.3. The second kappa shape index (κ2) is 7.27. The zero-order valence-corrected chi connectivity index (χ0v) is 10.2. The van der Waals surface area contributed by atoms with Crippen LogP contribution in [0.3, 0.4) is 0 Å². The summed E-state index contributed by atoms with van der Waals surface area (Å²) in [6.07, 6.45) is 4.56. The molecule has 16 heavy (non-hydrogen) atoms. The summed E-state index contributed by atoms with van der Waals surface area (Å²) in [5.41, 5.74) is 0. The molecule has 6 heteroatoms. The van der Waals surface area contributed by atoms with E-state index in [1.165, 1.54) is 24.6 Å². The molecule has 1 rings (SSSR count). The standard InChI is InChI=1S/C10H17N3O2S/c1-2-3-4-5-8-11-10(13-12-8)16-7-6-9(14)15/h2-7H2,1H3,(H,14,15)(H,11,12,13). The van der Waals surface area contributed by atoms with Gasteiger partial charge < -0.3 is 5.11 Å². The van der Waals surface area contributed by atoms with Gasteiger partial charge in [-0.3, -0.25) is 9.89 Å². The van der Waals surface area contributed by atoms with Crippen LogP contribution in [0.15, 0.2) is 5.16 Å². The molecular formula is C10H17N3O2S. The van der Waals surface area contributed by atoms with Crippen molar-refractivity contribution in [2.24, 2.45) is 0 Å². The fraction of sp³-hybridized carbons (Fsp3) is 0.700. The Balaban J connectivity index is 2.25. The molecule has 1 heterocycles. The summed E-state index contributed by atoms with van der Waals surface area (Å²) in [4.78, 5) is 14.6. The van der Waals surface area contributed by atoms with Crippen molar-refractivity contribution in [2.75, 3.05) is 5.75 Å². The van der Waals surface area contributed by atoms with Crippen LogP contribution in [0.1, 0.15) is 38.4 Å². The van der Waals surface area contributed by atoms with E-state index in [1.54, 1.807) is 0 Å². The van der Waals surface area contributed by atoms with E-state index in [0.29, 0.717) is 10.9 Å². The highest BCUT2D eigenvalue weighted by Gasteiger charge is 2.04. The average molecular weight is 243 g/mol. The molecule has 1 aromatic rings. The summed E-state index contributed by atoms with van der Waals surface area (Å²) < 4.78 is 0. The maximum absolute atomic E-state index is 10.3. The van der Waals surface area contributed by atoms with Crippen molar-refractivity contribution in [1.82, 2.24) is 15.2 Å². The third kappa shape index (κ3) is 5.16. The summed E-state index contributed by atoms with van der Waals surface area (Å²) in [6, 6.07) is 0. The van der Waals surface area contributed by atoms with Gasteiger partial charge in [0.15, 0.2) is 0 Å². The minimum Gasteiger partial charge on any atom is -0.481 e. The first-order chi connectivity index (χ1) is 7.72. The normalized spacial score (nSPS) is 10.6. The van der Waals surface area contributed by atoms with Crippen LogP contribution >= 0.6 is 11.8 Å². The van der Waals surface area contributed by atoms with Crippen LogP contribution in [-0.4, -0.2) is 32.0 Å². The molecule has 5 nitrogen and oxygen atoms in total. The third-order valence-electron chi connectivity index (χ3n) is 2.08. The largest absolute Gasteiger partial charge is 0.481 e. The van der Waals surface area contributed by atoms with Crippen LogP contribution in [0, 0.1) is 0 Å². The van der Waals surface area contributed by atoms with E-state index in [2.05, 4.69) is 22.1 Å². The van der Waals surface area contributed by atoms with E-state index in [9.17, 15) is 4.79 Å². The Morgan fingerprint density at radius 3 is 3.00 bits per heavy atom. The van der Waals surface area contributed by atoms with E-state index in [0.717, 1.165) is 18.7 Å². The summed E-state index contributed by atoms with van der Waals surface area (Å²) in [5.74, 6) is 0.624. The second-order valence-electron chi connectivity index (χ2n) is 3.51. The number of H-pyrrole nitrogens is 1. The predicted octanol–water partition coefficient (Wildman–Crippen LogP) is 2.10. The number of unbranched alkanes of at least 4 members (excludes halogenated alkanes) is 2. The molecule has 0 fully saturated rings. The molecule has 0 aromatic carbocycles. The zero-order chi connectivity index (χ0) is 11.8. The van der Waals surface area contributed by atoms with Gasteiger partial charge >= 0.3 is 5.97 Å². The van der Waals surface area contributed by atoms with Gasteiger partial charge in [-0.05, 0) is 6.42 Å². The van der Waals surface area contributed by atoms with Crippen molar-refractivity contribution < 1.29 is 9.90 Å². The van der Waals surface area contributed by atoms with Gasteiger partial charge in [-0.1, -0.05) is 31.5 Å². The quantitative estimate of drug-likeness (QED) is 0.540. The molecule has 0 saturated carbocycles. The monoisotopic (exact) mass is 243 g/mol. The minimum absolute atomic E-state index is 0.143. The number of carbonyl (C=O) groups is 1. The molecule has 1 aromatic heterocycles. The fourth-order valence-electron chi connectivity index (χ4n) is 1.23. The van der Waals surface area contributed by atoms with Gasteiger partial charge in [-0.15, -0.1) is 5.10 Å². The highest BCUT2D eigenvalue weighted by atomic mass is 32.2. The van der Waals surface area contributed by atoms with Gasteiger partial charge in [-0.2, -0.15) is 0 Å². The van der Waals surface area contributed by atoms with Gasteiger partial charge in [0.05, 0.1) is 6.42 Å². The molecule has 0 unspecified atom stereocenters. The van der Waals surface area contributed by atoms with E-state index >= 15 is 0 Å². The van der Waals surface area contributed by atoms with Crippen molar-refractivity contribution in [3.05, 3.63) is 5.82 Å². The number of aromatic nitrogens is 3. The highest BCUT2D eigenvalue weighted by molar-refractivity contribution is 7.99. The first-order valence-corrected chi connectivity index (χ1v) is 6.46. The van der Waals surface area contributed by atoms with Crippen LogP contribution < -0.4 is 0 Å². The third-order valence-corrected chi connectivity index (χ3v) is 2.92. The molecule has 0 radical (unpaired) electrons. The molecule has 0 spiro atoms. The summed E-state index contributed by atoms with van der Waals surface area (Å²) in [5, 5.41) is 16.0. The number of nitrogens with one attached hydrogen (secondary N) is 1. The molecule has 0 aliphatic carbocycles. The molecule has 90 valence electrons. The number of aliphatic carboxylic acids is 1. The van der Waals surface area contributed by atoms with Crippen LogP contribution in [-0.2, 0) is 11.2 Å². The second-order valence-corrected chi connectivity index (χ2v) is 4.58. The van der Waals surface area contributed by atoms with Crippen molar-refractivity contribution in [3.63, 3.8) is 0 Å². The molecule has 2 N–H and O–H groups in total. The van der Waals surface area contributed by atoms with Crippen LogP contribution in [0.5, 0.6) is 0 Å². The van der Waals surface area contributed by atoms with Gasteiger partial charge in [0.1, 0.15) is 5.82 Å². The van der Waals surface area contributed by atoms with Crippen molar-refractivity contribution in [1.29, 1.82) is 0 Å². The SMILES string of the molecule is CCCCCc1nc(SCCC(=O)O)n[nH]1. The van der Waals surface area contributed by atoms with E-state index in [1.807, 2.05) is 0 Å². The Bertz CT molecular complexity index is 328. The fourth-order valence-corrected chi connectivity index (χ4v) is 1.97. The summed E-state index contributed by atoms with van der Waals surface area (Å²) >= 11 is 1.37. The van der Waals surface area contributed by atoms with Crippen LogP contribution in [0.2, 0.25) is 0 Å². The molecule has 0 bridgehead atoms. The lowest BCUT2D eigenvalue weighted by atomic mass is 10.2. The summed E-state index contributed by atoms with van der Waals surface area (Å²) in [7, 11) is 0. The van der Waals surface area contributed by atoms with E-state index in [4.69, 9.17) is 5.11 Å². The average Bonchev–Trinajstić information content (AvgIpc) is 2.66. The molecular weight excluding hydrogens is 226 g/mol. The first-order valence-electron chi connectivity index (χ1n) is 5.48. The number of aryl methyl sites for hydroxylation is 1. The van der Waals surface area contributed by atoms with E-state index in [-0.39, 0.29) is 6.42 Å². The van der Waals surface area contributed by atoms with Gasteiger partial charge in [0.25, 0.3) is 0 Å². The molecule has 0 aliphatic heterocycles. The predicted molar refractivity (Wildman–Crippen MR) is 62.6 cm³/mol. The number of hydrogen-bond acceptors (Lipinski definition) is 4. The number of hydrogen-bond donors (Lipinski definition) is 2. The van der Waals surface area contributed by atoms with E-state index < -0.39 is 5.97 Å². The van der Waals surface area contributed by atoms with Crippen molar-refractivity contribution in [2.45, 2.75) is 44.2 Å². The number of carboxylic acids is 1. The maximum Gasteiger partial charge on any atom is 0.304 e. The Labute approximate surface area is 99.0 Å². The minimum atomic E-state index is -0.786. The number of rotatable bonds is 8. The molecule has 0 saturated heterocycles. The summed E-state index contributed by atoms with van der Waals surface area (Å²) in [6.45, 7) is 2.16. The smallest absolute Gasteiger partial charge is 0.304 e. The molecule has 0 atom stereocenters. The Morgan fingerprint density at radius 1 is 1.50 bits per heavy atom. The Kier molecular flexibility index (Phi) is 5.92. The lowest BCUT2D eigenvalue weighted by molar-refractivity contribution is -0.136. The Hall–Kier alpha value is -1.04. The van der Waals surface area contributed by atoms with Crippen molar-refractivity contribution in [3.8, 4) is 0 Å². The van der Waals surface area contributed by atoms with Crippen molar-refractivity contribution >= 4 is 17.7 Å². The lowest BCUT2D eigenvalue weighted by Crippen LogP contribution is -1.96. The first kappa shape index (κ1) is 13.0. The highest BCUT2D eigenvalue weighted by Crippen LogP contribution is 2.14. The number of nitrogens with zero attached hydrogens (tertiary/aromatic N) is 2. The van der Waals surface area contributed by atoms with Crippen LogP contribution in [0.4, 0.5) is 0 Å². The van der Waals surface area contributed by atoms with Gasteiger partial charge in [0, 0.05) is 12.2 Å². The number of aromatic amines is 1. The zero-order valence-electron chi connectivity index (χ0n) is 9.40. The number of carboxylic acid groups (broad SMARTS) is 1. The Morgan fingerprint density at radius 2 is 2.31 bits per heavy atom. The van der Waals surface area contributed by atoms with Gasteiger partial charge in [0.2, 0.25) is 5.16 Å². The molecule has 0 amide bonds. The van der Waals surface area contributed by atoms with Crippen LogP contribution in [0.25, 0.3) is 0 Å². The lowest BCUT2D eigenvalue weighted by Gasteiger charge is -1.93. The topological polar surface area (TPSA) is 78.9 Å².